The molecule has 4 fully saturated rings. The second kappa shape index (κ2) is 9.99. The monoisotopic (exact) mass is 514 g/mol. The van der Waals surface area contributed by atoms with Crippen LogP contribution >= 0.6 is 0 Å². The van der Waals surface area contributed by atoms with Gasteiger partial charge in [0.05, 0.1) is 11.7 Å². The molecule has 7 nitrogen and oxygen atoms in total. The Morgan fingerprint density at radius 3 is 2.63 bits per heavy atom. The lowest BCUT2D eigenvalue weighted by atomic mass is 9.49. The predicted molar refractivity (Wildman–Crippen MR) is 144 cm³/mol. The van der Waals surface area contributed by atoms with Crippen LogP contribution in [-0.2, 0) is 27.2 Å². The number of hydrogen-bond acceptors (Lipinski definition) is 6. The first-order chi connectivity index (χ1) is 18.6. The van der Waals surface area contributed by atoms with Crippen molar-refractivity contribution in [2.45, 2.75) is 83.2 Å². The molecule has 7 aliphatic rings. The van der Waals surface area contributed by atoms with Gasteiger partial charge in [0, 0.05) is 25.1 Å². The van der Waals surface area contributed by atoms with Gasteiger partial charge in [-0.25, -0.2) is 9.97 Å². The number of nitrogens with zero attached hydrogens (tertiary/aromatic N) is 3. The third-order valence-electron chi connectivity index (χ3n) is 9.84. The van der Waals surface area contributed by atoms with E-state index >= 15 is 0 Å². The van der Waals surface area contributed by atoms with Gasteiger partial charge in [-0.2, -0.15) is 0 Å². The van der Waals surface area contributed by atoms with Crippen molar-refractivity contribution < 1.29 is 14.3 Å². The zero-order valence-electron chi connectivity index (χ0n) is 22.1. The number of amides is 1. The second-order valence-electron chi connectivity index (χ2n) is 12.6. The summed E-state index contributed by atoms with van der Waals surface area (Å²) in [4.78, 5) is 25.0. The normalized spacial score (nSPS) is 32.1. The average Bonchev–Trinajstić information content (AvgIpc) is 2.91. The van der Waals surface area contributed by atoms with Gasteiger partial charge in [0.15, 0.2) is 5.76 Å². The molecule has 8 rings (SSSR count). The zero-order chi connectivity index (χ0) is 25.5. The summed E-state index contributed by atoms with van der Waals surface area (Å²) in [6.07, 6.45) is 25.5. The topological polar surface area (TPSA) is 76.6 Å². The van der Waals surface area contributed by atoms with Crippen molar-refractivity contribution >= 4 is 11.7 Å². The van der Waals surface area contributed by atoms with E-state index in [1.807, 2.05) is 0 Å². The van der Waals surface area contributed by atoms with E-state index in [0.29, 0.717) is 18.8 Å². The highest BCUT2D eigenvalue weighted by Crippen LogP contribution is 2.61. The van der Waals surface area contributed by atoms with Crippen LogP contribution in [0.3, 0.4) is 0 Å². The molecule has 200 valence electrons. The molecule has 1 N–H and O–H groups in total. The minimum absolute atomic E-state index is 0.0648. The van der Waals surface area contributed by atoms with Gasteiger partial charge in [-0.05, 0) is 87.4 Å². The highest BCUT2D eigenvalue weighted by molar-refractivity contribution is 5.91. The SMILES string of the molecule is O=C(CC12CC3CC(CC(C3)C1)C2)Nc1ncnc2c1CCN(C(CC1=CC=CCC1)C1=COC=CO1)C2. The van der Waals surface area contributed by atoms with Crippen LogP contribution in [0.4, 0.5) is 5.82 Å². The Hall–Kier alpha value is -2.93. The molecule has 1 aromatic heterocycles. The Kier molecular flexibility index (Phi) is 6.35. The van der Waals surface area contributed by atoms with E-state index in [4.69, 9.17) is 9.47 Å². The van der Waals surface area contributed by atoms with Gasteiger partial charge in [-0.1, -0.05) is 23.8 Å². The molecular formula is C31H38N4O3. The predicted octanol–water partition coefficient (Wildman–Crippen LogP) is 5.77. The molecule has 4 saturated carbocycles. The van der Waals surface area contributed by atoms with Gasteiger partial charge in [0.25, 0.3) is 0 Å². The van der Waals surface area contributed by atoms with Crippen LogP contribution in [0.1, 0.15) is 75.5 Å². The fraction of sp³-hybridized carbons (Fsp3) is 0.581. The molecule has 3 heterocycles. The van der Waals surface area contributed by atoms with E-state index in [1.54, 1.807) is 25.1 Å². The summed E-state index contributed by atoms with van der Waals surface area (Å²) < 4.78 is 11.4. The second-order valence-corrected chi connectivity index (χ2v) is 12.6. The third kappa shape index (κ3) is 4.81. The summed E-state index contributed by atoms with van der Waals surface area (Å²) in [6.45, 7) is 1.53. The van der Waals surface area contributed by atoms with Crippen LogP contribution in [0.5, 0.6) is 0 Å². The minimum Gasteiger partial charge on any atom is -0.466 e. The number of fused-ring (bicyclic) bond motifs is 1. The van der Waals surface area contributed by atoms with Crippen molar-refractivity contribution in [1.29, 1.82) is 0 Å². The molecule has 2 aliphatic heterocycles. The fourth-order valence-electron chi connectivity index (χ4n) is 8.68. The first kappa shape index (κ1) is 24.1. The van der Waals surface area contributed by atoms with E-state index in [9.17, 15) is 4.79 Å². The number of hydrogen-bond donors (Lipinski definition) is 1. The lowest BCUT2D eigenvalue weighted by Gasteiger charge is -2.56. The molecule has 5 aliphatic carbocycles. The summed E-state index contributed by atoms with van der Waals surface area (Å²) in [6, 6.07) is 0.0648. The van der Waals surface area contributed by atoms with E-state index in [2.05, 4.69) is 38.4 Å². The standard InChI is InChI=1S/C31H38N4O3/c36-29(17-31-14-22-10-23(15-31)12-24(11-22)16-31)34-30-25-6-7-35(18-26(25)32-20-33-30)27(28-19-37-8-9-38-28)13-21-4-2-1-3-5-21/h1-2,4,8-9,19-20,22-24,27H,3,5-7,10-18H2,(H,32,33,34,36). The van der Waals surface area contributed by atoms with Gasteiger partial charge < -0.3 is 14.8 Å². The lowest BCUT2D eigenvalue weighted by molar-refractivity contribution is -0.124. The molecule has 4 bridgehead atoms. The average molecular weight is 515 g/mol. The maximum absolute atomic E-state index is 13.3. The molecule has 1 atom stereocenters. The summed E-state index contributed by atoms with van der Waals surface area (Å²) in [7, 11) is 0. The number of rotatable bonds is 7. The Bertz CT molecular complexity index is 1180. The van der Waals surface area contributed by atoms with Crippen LogP contribution in [0.2, 0.25) is 0 Å². The third-order valence-corrected chi connectivity index (χ3v) is 9.84. The van der Waals surface area contributed by atoms with Crippen molar-refractivity contribution in [1.82, 2.24) is 14.9 Å². The van der Waals surface area contributed by atoms with Crippen LogP contribution in [-0.4, -0.2) is 33.4 Å². The highest BCUT2D eigenvalue weighted by atomic mass is 16.5. The van der Waals surface area contributed by atoms with Crippen molar-refractivity contribution in [3.8, 4) is 0 Å². The van der Waals surface area contributed by atoms with E-state index < -0.39 is 0 Å². The van der Waals surface area contributed by atoms with Crippen molar-refractivity contribution in [3.05, 3.63) is 65.9 Å². The van der Waals surface area contributed by atoms with Gasteiger partial charge in [0.2, 0.25) is 5.91 Å². The van der Waals surface area contributed by atoms with Gasteiger partial charge in [0.1, 0.15) is 30.9 Å². The van der Waals surface area contributed by atoms with Crippen LogP contribution in [0, 0.1) is 23.2 Å². The molecule has 0 radical (unpaired) electrons. The molecule has 1 aromatic rings. The van der Waals surface area contributed by atoms with Crippen molar-refractivity contribution in [2.24, 2.45) is 23.2 Å². The lowest BCUT2D eigenvalue weighted by Crippen LogP contribution is -2.47. The maximum Gasteiger partial charge on any atom is 0.226 e. The fourth-order valence-corrected chi connectivity index (χ4v) is 8.68. The Labute approximate surface area is 225 Å². The molecule has 0 spiro atoms. The molecule has 7 heteroatoms. The first-order valence-electron chi connectivity index (χ1n) is 14.5. The van der Waals surface area contributed by atoms with Crippen LogP contribution in [0.15, 0.2) is 54.7 Å². The zero-order valence-corrected chi connectivity index (χ0v) is 22.1. The number of ether oxygens (including phenoxy) is 2. The molecule has 0 saturated heterocycles. The van der Waals surface area contributed by atoms with Crippen LogP contribution in [0.25, 0.3) is 0 Å². The molecule has 1 unspecified atom stereocenters. The van der Waals surface area contributed by atoms with Gasteiger partial charge in [-0.15, -0.1) is 0 Å². The molecule has 38 heavy (non-hydrogen) atoms. The van der Waals surface area contributed by atoms with E-state index in [0.717, 1.165) is 67.0 Å². The summed E-state index contributed by atoms with van der Waals surface area (Å²) in [5, 5.41) is 3.23. The van der Waals surface area contributed by atoms with Gasteiger partial charge in [-0.3, -0.25) is 9.69 Å². The van der Waals surface area contributed by atoms with E-state index in [1.165, 1.54) is 44.1 Å². The Morgan fingerprint density at radius 1 is 1.11 bits per heavy atom. The molecule has 1 amide bonds. The smallest absolute Gasteiger partial charge is 0.226 e. The Morgan fingerprint density at radius 2 is 1.92 bits per heavy atom. The maximum atomic E-state index is 13.3. The van der Waals surface area contributed by atoms with Gasteiger partial charge >= 0.3 is 0 Å². The summed E-state index contributed by atoms with van der Waals surface area (Å²) >= 11 is 0. The van der Waals surface area contributed by atoms with Crippen LogP contribution < -0.4 is 5.32 Å². The van der Waals surface area contributed by atoms with E-state index in [-0.39, 0.29) is 17.4 Å². The number of carbonyl (C=O) groups excluding carboxylic acids is 1. The first-order valence-corrected chi connectivity index (χ1v) is 14.5. The minimum atomic E-state index is 0.0648. The Balaban J connectivity index is 1.06. The van der Waals surface area contributed by atoms with Crippen molar-refractivity contribution in [2.75, 3.05) is 11.9 Å². The highest BCUT2D eigenvalue weighted by Gasteiger charge is 2.51. The summed E-state index contributed by atoms with van der Waals surface area (Å²) in [5.41, 5.74) is 3.72. The number of aromatic nitrogens is 2. The molecular weight excluding hydrogens is 476 g/mol. The number of nitrogens with one attached hydrogen (secondary N) is 1. The molecule has 0 aromatic carbocycles. The quantitative estimate of drug-likeness (QED) is 0.498. The number of carbonyl (C=O) groups is 1. The summed E-state index contributed by atoms with van der Waals surface area (Å²) in [5.74, 6) is 4.22. The largest absolute Gasteiger partial charge is 0.466 e. The number of allylic oxidation sites excluding steroid dienone is 3. The van der Waals surface area contributed by atoms with Crippen molar-refractivity contribution in [3.63, 3.8) is 0 Å². The number of anilines is 1.